The molecule has 1 N–H and O–H groups in total. The maximum Gasteiger partial charge on any atom is 0.141 e. The van der Waals surface area contributed by atoms with E-state index >= 15 is 0 Å². The molecule has 1 aromatic carbocycles. The van der Waals surface area contributed by atoms with Gasteiger partial charge in [0.1, 0.15) is 5.75 Å². The van der Waals surface area contributed by atoms with Crippen LogP contribution in [0.25, 0.3) is 0 Å². The van der Waals surface area contributed by atoms with Crippen molar-refractivity contribution in [1.82, 2.24) is 4.90 Å². The summed E-state index contributed by atoms with van der Waals surface area (Å²) in [6.07, 6.45) is 5.11. The molecule has 0 aliphatic rings. The fraction of sp³-hybridized carbons (Fsp3) is 0.625. The Bertz CT molecular complexity index is 364. The number of anilines is 1. The lowest BCUT2D eigenvalue weighted by Gasteiger charge is -2.15. The Balaban J connectivity index is 2.57. The fourth-order valence-corrected chi connectivity index (χ4v) is 2.13. The van der Waals surface area contributed by atoms with Gasteiger partial charge < -0.3 is 15.0 Å². The minimum atomic E-state index is 0.929. The lowest BCUT2D eigenvalue weighted by Crippen LogP contribution is -2.11. The second kappa shape index (κ2) is 8.81. The Morgan fingerprint density at radius 3 is 2.58 bits per heavy atom. The predicted octanol–water partition coefficient (Wildman–Crippen LogP) is 3.75. The van der Waals surface area contributed by atoms with E-state index in [1.807, 2.05) is 6.07 Å². The van der Waals surface area contributed by atoms with Crippen LogP contribution < -0.4 is 10.1 Å². The smallest absolute Gasteiger partial charge is 0.141 e. The van der Waals surface area contributed by atoms with Crippen LogP contribution in [0.3, 0.4) is 0 Å². The van der Waals surface area contributed by atoms with E-state index in [1.165, 1.54) is 31.2 Å². The van der Waals surface area contributed by atoms with E-state index in [4.69, 9.17) is 4.74 Å². The van der Waals surface area contributed by atoms with Gasteiger partial charge in [-0.1, -0.05) is 32.3 Å². The van der Waals surface area contributed by atoms with Gasteiger partial charge in [-0.25, -0.2) is 0 Å². The van der Waals surface area contributed by atoms with Crippen LogP contribution in [-0.4, -0.2) is 32.6 Å². The molecule has 0 fully saturated rings. The number of nitrogens with one attached hydrogen (secondary N) is 1. The SMILES string of the molecule is CCCCCCNc1cc(CN(C)C)ccc1OC. The molecule has 19 heavy (non-hydrogen) atoms. The monoisotopic (exact) mass is 264 g/mol. The van der Waals surface area contributed by atoms with E-state index in [0.29, 0.717) is 0 Å². The second-order valence-electron chi connectivity index (χ2n) is 5.26. The Kier molecular flexibility index (Phi) is 7.34. The van der Waals surface area contributed by atoms with E-state index < -0.39 is 0 Å². The zero-order valence-corrected chi connectivity index (χ0v) is 12.8. The van der Waals surface area contributed by atoms with Gasteiger partial charge in [0.25, 0.3) is 0 Å². The normalized spacial score (nSPS) is 10.8. The third-order valence-corrected chi connectivity index (χ3v) is 3.11. The van der Waals surface area contributed by atoms with Gasteiger partial charge in [0.05, 0.1) is 12.8 Å². The highest BCUT2D eigenvalue weighted by atomic mass is 16.5. The third-order valence-electron chi connectivity index (χ3n) is 3.11. The van der Waals surface area contributed by atoms with Crippen molar-refractivity contribution in [3.8, 4) is 5.75 Å². The second-order valence-corrected chi connectivity index (χ2v) is 5.26. The van der Waals surface area contributed by atoms with Gasteiger partial charge in [-0.2, -0.15) is 0 Å². The molecule has 0 bridgehead atoms. The molecule has 0 heterocycles. The summed E-state index contributed by atoms with van der Waals surface area (Å²) in [5.41, 5.74) is 2.42. The van der Waals surface area contributed by atoms with Crippen molar-refractivity contribution in [2.45, 2.75) is 39.2 Å². The van der Waals surface area contributed by atoms with Gasteiger partial charge in [0.2, 0.25) is 0 Å². The zero-order chi connectivity index (χ0) is 14.1. The van der Waals surface area contributed by atoms with Crippen molar-refractivity contribution in [3.63, 3.8) is 0 Å². The average Bonchev–Trinajstić information content (AvgIpc) is 2.38. The first kappa shape index (κ1) is 15.8. The number of hydrogen-bond donors (Lipinski definition) is 1. The molecule has 0 aromatic heterocycles. The summed E-state index contributed by atoms with van der Waals surface area (Å²) in [4.78, 5) is 2.17. The Labute approximate surface area is 118 Å². The van der Waals surface area contributed by atoms with E-state index in [-0.39, 0.29) is 0 Å². The summed E-state index contributed by atoms with van der Waals surface area (Å²) in [6.45, 7) is 4.21. The summed E-state index contributed by atoms with van der Waals surface area (Å²) in [7, 11) is 5.90. The van der Waals surface area contributed by atoms with Gasteiger partial charge >= 0.3 is 0 Å². The van der Waals surface area contributed by atoms with Crippen molar-refractivity contribution in [3.05, 3.63) is 23.8 Å². The number of rotatable bonds is 9. The van der Waals surface area contributed by atoms with Crippen molar-refractivity contribution in [2.24, 2.45) is 0 Å². The van der Waals surface area contributed by atoms with Crippen LogP contribution >= 0.6 is 0 Å². The Morgan fingerprint density at radius 1 is 1.16 bits per heavy atom. The molecule has 0 spiro atoms. The van der Waals surface area contributed by atoms with Crippen LogP contribution in [0, 0.1) is 0 Å². The minimum Gasteiger partial charge on any atom is -0.495 e. The van der Waals surface area contributed by atoms with Gasteiger partial charge in [-0.15, -0.1) is 0 Å². The Hall–Kier alpha value is -1.22. The van der Waals surface area contributed by atoms with Crippen molar-refractivity contribution < 1.29 is 4.74 Å². The van der Waals surface area contributed by atoms with Gasteiger partial charge in [0, 0.05) is 13.1 Å². The van der Waals surface area contributed by atoms with Crippen LogP contribution in [-0.2, 0) is 6.54 Å². The number of benzene rings is 1. The zero-order valence-electron chi connectivity index (χ0n) is 12.8. The molecule has 0 saturated heterocycles. The highest BCUT2D eigenvalue weighted by Crippen LogP contribution is 2.26. The maximum absolute atomic E-state index is 5.41. The number of hydrogen-bond acceptors (Lipinski definition) is 3. The summed E-state index contributed by atoms with van der Waals surface area (Å²) >= 11 is 0. The maximum atomic E-state index is 5.41. The molecule has 3 nitrogen and oxygen atoms in total. The summed E-state index contributed by atoms with van der Waals surface area (Å²) in [6, 6.07) is 6.37. The first-order valence-electron chi connectivity index (χ1n) is 7.23. The first-order valence-corrected chi connectivity index (χ1v) is 7.23. The molecule has 108 valence electrons. The Morgan fingerprint density at radius 2 is 1.95 bits per heavy atom. The lowest BCUT2D eigenvalue weighted by molar-refractivity contribution is 0.400. The largest absolute Gasteiger partial charge is 0.495 e. The molecule has 0 aliphatic heterocycles. The molecular weight excluding hydrogens is 236 g/mol. The fourth-order valence-electron chi connectivity index (χ4n) is 2.13. The predicted molar refractivity (Wildman–Crippen MR) is 83.0 cm³/mol. The van der Waals surface area contributed by atoms with Crippen LogP contribution in [0.1, 0.15) is 38.2 Å². The topological polar surface area (TPSA) is 24.5 Å². The first-order chi connectivity index (χ1) is 9.17. The number of nitrogens with zero attached hydrogens (tertiary/aromatic N) is 1. The van der Waals surface area contributed by atoms with Gasteiger partial charge in [0.15, 0.2) is 0 Å². The minimum absolute atomic E-state index is 0.929. The van der Waals surface area contributed by atoms with E-state index in [1.54, 1.807) is 7.11 Å². The summed E-state index contributed by atoms with van der Waals surface area (Å²) in [5.74, 6) is 0.929. The van der Waals surface area contributed by atoms with Crippen LogP contribution in [0.4, 0.5) is 5.69 Å². The van der Waals surface area contributed by atoms with Crippen LogP contribution in [0.2, 0.25) is 0 Å². The average molecular weight is 264 g/mol. The highest BCUT2D eigenvalue weighted by molar-refractivity contribution is 5.58. The summed E-state index contributed by atoms with van der Waals surface area (Å²) in [5, 5.41) is 3.49. The molecular formula is C16H28N2O. The molecule has 3 heteroatoms. The van der Waals surface area contributed by atoms with Crippen LogP contribution in [0.5, 0.6) is 5.75 Å². The van der Waals surface area contributed by atoms with Crippen molar-refractivity contribution in [1.29, 1.82) is 0 Å². The quantitative estimate of drug-likeness (QED) is 0.687. The number of unbranched alkanes of at least 4 members (excludes halogenated alkanes) is 3. The van der Waals surface area contributed by atoms with E-state index in [2.05, 4.69) is 43.4 Å². The van der Waals surface area contributed by atoms with Gasteiger partial charge in [-0.05, 0) is 38.2 Å². The van der Waals surface area contributed by atoms with Gasteiger partial charge in [-0.3, -0.25) is 0 Å². The number of ether oxygens (including phenoxy) is 1. The molecule has 0 aliphatic carbocycles. The van der Waals surface area contributed by atoms with Crippen LogP contribution in [0.15, 0.2) is 18.2 Å². The standard InChI is InChI=1S/C16H28N2O/c1-5-6-7-8-11-17-15-12-14(13-18(2)3)9-10-16(15)19-4/h9-10,12,17H,5-8,11,13H2,1-4H3. The highest BCUT2D eigenvalue weighted by Gasteiger charge is 2.04. The van der Waals surface area contributed by atoms with Crippen molar-refractivity contribution >= 4 is 5.69 Å². The van der Waals surface area contributed by atoms with Crippen molar-refractivity contribution in [2.75, 3.05) is 33.1 Å². The third kappa shape index (κ3) is 5.97. The summed E-state index contributed by atoms with van der Waals surface area (Å²) < 4.78 is 5.41. The molecule has 0 radical (unpaired) electrons. The molecule has 1 aromatic rings. The molecule has 0 amide bonds. The molecule has 0 saturated carbocycles. The van der Waals surface area contributed by atoms with E-state index in [9.17, 15) is 0 Å². The molecule has 0 unspecified atom stereocenters. The lowest BCUT2D eigenvalue weighted by atomic mass is 10.1. The molecule has 0 atom stereocenters. The van der Waals surface area contributed by atoms with E-state index in [0.717, 1.165) is 24.5 Å². The molecule has 1 rings (SSSR count). The number of methoxy groups -OCH3 is 1.